The largest absolute Gasteiger partial charge is 0.477 e. The van der Waals surface area contributed by atoms with Crippen molar-refractivity contribution in [2.45, 2.75) is 69.9 Å². The van der Waals surface area contributed by atoms with E-state index in [1.807, 2.05) is 0 Å². The van der Waals surface area contributed by atoms with Crippen LogP contribution in [0.2, 0.25) is 0 Å². The van der Waals surface area contributed by atoms with Crippen LogP contribution < -0.4 is 14.4 Å². The van der Waals surface area contributed by atoms with Crippen molar-refractivity contribution < 1.29 is 17.9 Å². The smallest absolute Gasteiger partial charge is 0.281 e. The summed E-state index contributed by atoms with van der Waals surface area (Å²) >= 11 is 0. The molecule has 1 saturated carbocycles. The maximum atomic E-state index is 13.1. The minimum Gasteiger partial charge on any atom is -0.477 e. The van der Waals surface area contributed by atoms with Gasteiger partial charge in [-0.2, -0.15) is 13.4 Å². The van der Waals surface area contributed by atoms with Crippen LogP contribution in [0, 0.1) is 11.8 Å². The molecule has 2 aromatic heterocycles. The highest BCUT2D eigenvalue weighted by atomic mass is 32.2. The predicted octanol–water partition coefficient (Wildman–Crippen LogP) is 4.18. The molecule has 1 saturated heterocycles. The van der Waals surface area contributed by atoms with Crippen molar-refractivity contribution >= 4 is 21.7 Å². The van der Waals surface area contributed by atoms with E-state index in [4.69, 9.17) is 4.74 Å². The fraction of sp³-hybridized carbons (Fsp3) is 0.560. The van der Waals surface area contributed by atoms with Gasteiger partial charge in [0.25, 0.3) is 15.9 Å². The standard InChI is InChI=1S/C25H34N4O4S/c1-18-14-16-29(25(18,2)3)23-20(11-8-15-26-23)24(30)28-34(31,32)22-13-7-12-21(27-22)33-17-19-9-5-4-6-10-19/h7-8,11-13,15,18-19H,4-6,9-10,14,16-17H2,1-3H3,(H,28,30). The summed E-state index contributed by atoms with van der Waals surface area (Å²) in [7, 11) is -4.19. The van der Waals surface area contributed by atoms with Crippen molar-refractivity contribution in [2.24, 2.45) is 11.8 Å². The zero-order valence-electron chi connectivity index (χ0n) is 20.2. The second-order valence-corrected chi connectivity index (χ2v) is 11.6. The molecule has 1 atom stereocenters. The number of hydrogen-bond acceptors (Lipinski definition) is 7. The van der Waals surface area contributed by atoms with Gasteiger partial charge in [-0.05, 0) is 63.1 Å². The summed E-state index contributed by atoms with van der Waals surface area (Å²) in [4.78, 5) is 23.8. The van der Waals surface area contributed by atoms with Gasteiger partial charge in [0, 0.05) is 24.3 Å². The molecule has 0 radical (unpaired) electrons. The molecule has 3 heterocycles. The van der Waals surface area contributed by atoms with Crippen molar-refractivity contribution in [3.63, 3.8) is 0 Å². The Morgan fingerprint density at radius 2 is 1.91 bits per heavy atom. The number of hydrogen-bond donors (Lipinski definition) is 1. The lowest BCUT2D eigenvalue weighted by atomic mass is 9.90. The van der Waals surface area contributed by atoms with Gasteiger partial charge in [-0.25, -0.2) is 9.71 Å². The third kappa shape index (κ3) is 5.19. The van der Waals surface area contributed by atoms with Gasteiger partial charge in [0.2, 0.25) is 5.88 Å². The summed E-state index contributed by atoms with van der Waals surface area (Å²) in [6.07, 6.45) is 8.49. The Morgan fingerprint density at radius 3 is 2.62 bits per heavy atom. The molecule has 1 amide bonds. The van der Waals surface area contributed by atoms with Crippen molar-refractivity contribution in [3.05, 3.63) is 42.1 Å². The van der Waals surface area contributed by atoms with Gasteiger partial charge < -0.3 is 9.64 Å². The molecular formula is C25H34N4O4S. The average molecular weight is 487 g/mol. The summed E-state index contributed by atoms with van der Waals surface area (Å²) in [5.41, 5.74) is 0.0197. The number of pyridine rings is 2. The van der Waals surface area contributed by atoms with Crippen LogP contribution in [0.5, 0.6) is 5.88 Å². The Bertz CT molecular complexity index is 1130. The Kier molecular flexibility index (Phi) is 7.12. The molecule has 1 unspecified atom stereocenters. The van der Waals surface area contributed by atoms with E-state index in [1.165, 1.54) is 25.3 Å². The third-order valence-corrected chi connectivity index (χ3v) is 8.60. The number of aromatic nitrogens is 2. The topological polar surface area (TPSA) is 101 Å². The van der Waals surface area contributed by atoms with Crippen LogP contribution in [0.3, 0.4) is 0 Å². The van der Waals surface area contributed by atoms with Crippen LogP contribution in [0.4, 0.5) is 5.82 Å². The van der Waals surface area contributed by atoms with Gasteiger partial charge >= 0.3 is 0 Å². The van der Waals surface area contributed by atoms with Gasteiger partial charge in [0.1, 0.15) is 5.82 Å². The number of anilines is 1. The van der Waals surface area contributed by atoms with E-state index < -0.39 is 15.9 Å². The molecule has 2 fully saturated rings. The van der Waals surface area contributed by atoms with Gasteiger partial charge in [-0.1, -0.05) is 32.3 Å². The van der Waals surface area contributed by atoms with Crippen LogP contribution in [0.1, 0.15) is 69.7 Å². The first-order valence-electron chi connectivity index (χ1n) is 12.1. The van der Waals surface area contributed by atoms with Gasteiger partial charge in [0.15, 0.2) is 5.03 Å². The molecule has 0 aromatic carbocycles. The van der Waals surface area contributed by atoms with E-state index >= 15 is 0 Å². The van der Waals surface area contributed by atoms with Crippen molar-refractivity contribution in [1.82, 2.24) is 14.7 Å². The van der Waals surface area contributed by atoms with Crippen LogP contribution in [-0.4, -0.2) is 43.0 Å². The molecule has 1 N–H and O–H groups in total. The van der Waals surface area contributed by atoms with Crippen molar-refractivity contribution in [2.75, 3.05) is 18.1 Å². The summed E-state index contributed by atoms with van der Waals surface area (Å²) in [6.45, 7) is 7.66. The lowest BCUT2D eigenvalue weighted by molar-refractivity contribution is 0.0981. The van der Waals surface area contributed by atoms with Crippen LogP contribution in [-0.2, 0) is 10.0 Å². The summed E-state index contributed by atoms with van der Waals surface area (Å²) in [6, 6.07) is 7.81. The van der Waals surface area contributed by atoms with E-state index in [-0.39, 0.29) is 22.0 Å². The van der Waals surface area contributed by atoms with Crippen molar-refractivity contribution in [3.8, 4) is 5.88 Å². The molecule has 4 rings (SSSR count). The van der Waals surface area contributed by atoms with Gasteiger partial charge in [-0.3, -0.25) is 4.79 Å². The fourth-order valence-corrected chi connectivity index (χ4v) is 5.74. The minimum absolute atomic E-state index is 0.201. The van der Waals surface area contributed by atoms with Gasteiger partial charge in [-0.15, -0.1) is 0 Å². The first-order chi connectivity index (χ1) is 16.2. The average Bonchev–Trinajstić information content (AvgIpc) is 3.10. The molecule has 8 nitrogen and oxygen atoms in total. The molecule has 34 heavy (non-hydrogen) atoms. The Hall–Kier alpha value is -2.68. The first kappa shape index (κ1) is 24.4. The van der Waals surface area contributed by atoms with E-state index in [0.29, 0.717) is 24.3 Å². The number of sulfonamides is 1. The third-order valence-electron chi connectivity index (χ3n) is 7.37. The number of rotatable bonds is 7. The molecule has 1 aliphatic carbocycles. The number of amides is 1. The summed E-state index contributed by atoms with van der Waals surface area (Å²) in [5, 5.41) is -0.248. The molecule has 0 spiro atoms. The molecular weight excluding hydrogens is 452 g/mol. The SMILES string of the molecule is CC1CCN(c2ncccc2C(=O)NS(=O)(=O)c2cccc(OCC3CCCCC3)n2)C1(C)C. The number of nitrogens with one attached hydrogen (secondary N) is 1. The monoisotopic (exact) mass is 486 g/mol. The summed E-state index contributed by atoms with van der Waals surface area (Å²) < 4.78 is 34.0. The maximum absolute atomic E-state index is 13.1. The first-order valence-corrected chi connectivity index (χ1v) is 13.6. The summed E-state index contributed by atoms with van der Waals surface area (Å²) in [5.74, 6) is 0.887. The Morgan fingerprint density at radius 1 is 1.15 bits per heavy atom. The van der Waals surface area contributed by atoms with Crippen molar-refractivity contribution in [1.29, 1.82) is 0 Å². The molecule has 1 aliphatic heterocycles. The molecule has 2 aromatic rings. The van der Waals surface area contributed by atoms with E-state index in [9.17, 15) is 13.2 Å². The highest BCUT2D eigenvalue weighted by molar-refractivity contribution is 7.90. The maximum Gasteiger partial charge on any atom is 0.281 e. The molecule has 184 valence electrons. The number of carbonyl (C=O) groups excluding carboxylic acids is 1. The van der Waals surface area contributed by atoms with Crippen LogP contribution >= 0.6 is 0 Å². The quantitative estimate of drug-likeness (QED) is 0.626. The number of nitrogens with zero attached hydrogens (tertiary/aromatic N) is 3. The predicted molar refractivity (Wildman–Crippen MR) is 130 cm³/mol. The van der Waals surface area contributed by atoms with Crippen LogP contribution in [0.25, 0.3) is 0 Å². The number of carbonyl (C=O) groups is 1. The lowest BCUT2D eigenvalue weighted by Gasteiger charge is -2.36. The molecule has 0 bridgehead atoms. The molecule has 9 heteroatoms. The number of ether oxygens (including phenoxy) is 1. The second kappa shape index (κ2) is 9.90. The Balaban J connectivity index is 1.49. The minimum atomic E-state index is -4.19. The fourth-order valence-electron chi connectivity index (χ4n) is 4.81. The zero-order valence-corrected chi connectivity index (χ0v) is 21.0. The highest BCUT2D eigenvalue weighted by Crippen LogP contribution is 2.38. The second-order valence-electron chi connectivity index (χ2n) is 9.93. The Labute approximate surface area is 202 Å². The van der Waals surface area contributed by atoms with E-state index in [1.54, 1.807) is 30.5 Å². The van der Waals surface area contributed by atoms with Crippen LogP contribution in [0.15, 0.2) is 41.6 Å². The zero-order chi connectivity index (χ0) is 24.3. The molecule has 2 aliphatic rings. The van der Waals surface area contributed by atoms with E-state index in [0.717, 1.165) is 25.8 Å². The van der Waals surface area contributed by atoms with Gasteiger partial charge in [0.05, 0.1) is 12.2 Å². The van der Waals surface area contributed by atoms with E-state index in [2.05, 4.69) is 40.4 Å². The normalized spacial score (nSPS) is 20.8. The lowest BCUT2D eigenvalue weighted by Crippen LogP contribution is -2.43. The highest BCUT2D eigenvalue weighted by Gasteiger charge is 2.40.